The SMILES string of the molecule is CCOc1ccc(F)cc1C(=O)/C=C/c1ccc(C(=O)O)cc1. The largest absolute Gasteiger partial charge is 0.493 e. The number of rotatable bonds is 6. The van der Waals surface area contributed by atoms with Crippen molar-refractivity contribution in [1.82, 2.24) is 0 Å². The Morgan fingerprint density at radius 2 is 1.87 bits per heavy atom. The highest BCUT2D eigenvalue weighted by Gasteiger charge is 2.11. The Balaban J connectivity index is 2.21. The second-order valence-corrected chi connectivity index (χ2v) is 4.70. The zero-order valence-electron chi connectivity index (χ0n) is 12.5. The van der Waals surface area contributed by atoms with Crippen molar-refractivity contribution in [1.29, 1.82) is 0 Å². The summed E-state index contributed by atoms with van der Waals surface area (Å²) in [5, 5.41) is 8.83. The normalized spacial score (nSPS) is 10.7. The van der Waals surface area contributed by atoms with Gasteiger partial charge in [0.05, 0.1) is 17.7 Å². The predicted octanol–water partition coefficient (Wildman–Crippen LogP) is 3.82. The molecule has 0 aliphatic heterocycles. The first kappa shape index (κ1) is 16.4. The molecule has 2 aromatic carbocycles. The number of benzene rings is 2. The topological polar surface area (TPSA) is 63.6 Å². The van der Waals surface area contributed by atoms with Crippen LogP contribution in [0.5, 0.6) is 5.75 Å². The molecule has 0 saturated carbocycles. The van der Waals surface area contributed by atoms with Gasteiger partial charge in [0.2, 0.25) is 0 Å². The molecule has 0 heterocycles. The van der Waals surface area contributed by atoms with Crippen LogP contribution in [-0.4, -0.2) is 23.5 Å². The van der Waals surface area contributed by atoms with Crippen molar-refractivity contribution < 1.29 is 23.8 Å². The van der Waals surface area contributed by atoms with Crippen LogP contribution in [0.25, 0.3) is 6.08 Å². The fraction of sp³-hybridized carbons (Fsp3) is 0.111. The monoisotopic (exact) mass is 314 g/mol. The van der Waals surface area contributed by atoms with Gasteiger partial charge in [-0.1, -0.05) is 18.2 Å². The molecule has 0 fully saturated rings. The first-order valence-electron chi connectivity index (χ1n) is 6.99. The summed E-state index contributed by atoms with van der Waals surface area (Å²) in [4.78, 5) is 23.0. The summed E-state index contributed by atoms with van der Waals surface area (Å²) in [5.41, 5.74) is 0.972. The maximum Gasteiger partial charge on any atom is 0.335 e. The molecule has 0 aliphatic rings. The first-order valence-corrected chi connectivity index (χ1v) is 6.99. The lowest BCUT2D eigenvalue weighted by molar-refractivity contribution is 0.0696. The molecule has 0 saturated heterocycles. The standard InChI is InChI=1S/C18H15FO4/c1-2-23-17-10-8-14(19)11-15(17)16(20)9-5-12-3-6-13(7-4-12)18(21)22/h3-11H,2H2,1H3,(H,21,22)/b9-5+. The van der Waals surface area contributed by atoms with Crippen LogP contribution in [0.15, 0.2) is 48.5 Å². The highest BCUT2D eigenvalue weighted by atomic mass is 19.1. The van der Waals surface area contributed by atoms with Crippen molar-refractivity contribution in [2.75, 3.05) is 6.61 Å². The van der Waals surface area contributed by atoms with Gasteiger partial charge in [-0.15, -0.1) is 0 Å². The molecule has 23 heavy (non-hydrogen) atoms. The summed E-state index contributed by atoms with van der Waals surface area (Å²) in [6, 6.07) is 9.84. The van der Waals surface area contributed by atoms with E-state index in [0.29, 0.717) is 17.9 Å². The number of allylic oxidation sites excluding steroid dienone is 1. The van der Waals surface area contributed by atoms with Crippen LogP contribution in [0.3, 0.4) is 0 Å². The predicted molar refractivity (Wildman–Crippen MR) is 84.3 cm³/mol. The number of carbonyl (C=O) groups excluding carboxylic acids is 1. The summed E-state index contributed by atoms with van der Waals surface area (Å²) in [7, 11) is 0. The third-order valence-electron chi connectivity index (χ3n) is 3.09. The van der Waals surface area contributed by atoms with E-state index in [1.807, 2.05) is 0 Å². The molecule has 5 heteroatoms. The molecule has 0 radical (unpaired) electrons. The maximum atomic E-state index is 13.3. The summed E-state index contributed by atoms with van der Waals surface area (Å²) in [6.45, 7) is 2.14. The van der Waals surface area contributed by atoms with Gasteiger partial charge < -0.3 is 9.84 Å². The Hall–Kier alpha value is -2.95. The Morgan fingerprint density at radius 3 is 2.48 bits per heavy atom. The van der Waals surface area contributed by atoms with Gasteiger partial charge in [-0.05, 0) is 48.9 Å². The molecule has 0 bridgehead atoms. The molecule has 4 nitrogen and oxygen atoms in total. The van der Waals surface area contributed by atoms with Gasteiger partial charge in [0.15, 0.2) is 5.78 Å². The highest BCUT2D eigenvalue weighted by Crippen LogP contribution is 2.21. The third-order valence-corrected chi connectivity index (χ3v) is 3.09. The summed E-state index contributed by atoms with van der Waals surface area (Å²) in [5.74, 6) is -1.60. The molecule has 0 aliphatic carbocycles. The van der Waals surface area contributed by atoms with Gasteiger partial charge in [-0.3, -0.25) is 4.79 Å². The number of halogens is 1. The fourth-order valence-corrected chi connectivity index (χ4v) is 1.97. The van der Waals surface area contributed by atoms with E-state index in [9.17, 15) is 14.0 Å². The van der Waals surface area contributed by atoms with Crippen molar-refractivity contribution in [2.24, 2.45) is 0 Å². The van der Waals surface area contributed by atoms with E-state index in [4.69, 9.17) is 9.84 Å². The van der Waals surface area contributed by atoms with Crippen LogP contribution in [0.1, 0.15) is 33.2 Å². The van der Waals surface area contributed by atoms with Gasteiger partial charge in [0.1, 0.15) is 11.6 Å². The van der Waals surface area contributed by atoms with Crippen LogP contribution in [-0.2, 0) is 0 Å². The minimum atomic E-state index is -1.02. The molecule has 2 rings (SSSR count). The van der Waals surface area contributed by atoms with E-state index in [1.165, 1.54) is 36.4 Å². The van der Waals surface area contributed by atoms with Gasteiger partial charge in [-0.25, -0.2) is 9.18 Å². The Kier molecular flexibility index (Phi) is 5.25. The number of ketones is 1. The number of ether oxygens (including phenoxy) is 1. The zero-order chi connectivity index (χ0) is 16.8. The molecule has 0 atom stereocenters. The van der Waals surface area contributed by atoms with Gasteiger partial charge in [0.25, 0.3) is 0 Å². The van der Waals surface area contributed by atoms with Gasteiger partial charge >= 0.3 is 5.97 Å². The van der Waals surface area contributed by atoms with Crippen molar-refractivity contribution in [3.05, 3.63) is 71.0 Å². The van der Waals surface area contributed by atoms with Crippen LogP contribution in [0.4, 0.5) is 4.39 Å². The van der Waals surface area contributed by atoms with Crippen LogP contribution in [0.2, 0.25) is 0 Å². The lowest BCUT2D eigenvalue weighted by Gasteiger charge is -2.07. The van der Waals surface area contributed by atoms with Crippen LogP contribution < -0.4 is 4.74 Å². The molecule has 1 N–H and O–H groups in total. The summed E-state index contributed by atoms with van der Waals surface area (Å²) in [6.07, 6.45) is 2.83. The quantitative estimate of drug-likeness (QED) is 0.650. The zero-order valence-corrected chi connectivity index (χ0v) is 12.5. The number of carbonyl (C=O) groups is 2. The molecule has 0 spiro atoms. The van der Waals surface area contributed by atoms with E-state index < -0.39 is 17.6 Å². The number of hydrogen-bond acceptors (Lipinski definition) is 3. The minimum absolute atomic E-state index is 0.144. The maximum absolute atomic E-state index is 13.3. The molecule has 118 valence electrons. The smallest absolute Gasteiger partial charge is 0.335 e. The average Bonchev–Trinajstić information content (AvgIpc) is 2.54. The lowest BCUT2D eigenvalue weighted by Crippen LogP contribution is -2.02. The van der Waals surface area contributed by atoms with Crippen molar-refractivity contribution in [3.63, 3.8) is 0 Å². The van der Waals surface area contributed by atoms with Gasteiger partial charge in [0, 0.05) is 0 Å². The fourth-order valence-electron chi connectivity index (χ4n) is 1.97. The minimum Gasteiger partial charge on any atom is -0.493 e. The molecule has 0 amide bonds. The molecular formula is C18H15FO4. The van der Waals surface area contributed by atoms with Gasteiger partial charge in [-0.2, -0.15) is 0 Å². The second kappa shape index (κ2) is 7.35. The van der Waals surface area contributed by atoms with E-state index in [0.717, 1.165) is 6.07 Å². The molecular weight excluding hydrogens is 299 g/mol. The first-order chi connectivity index (χ1) is 11.0. The third kappa shape index (κ3) is 4.26. The van der Waals surface area contributed by atoms with Crippen molar-refractivity contribution in [3.8, 4) is 5.75 Å². The Morgan fingerprint density at radius 1 is 1.17 bits per heavy atom. The van der Waals surface area contributed by atoms with E-state index in [-0.39, 0.29) is 11.1 Å². The van der Waals surface area contributed by atoms with E-state index >= 15 is 0 Å². The average molecular weight is 314 g/mol. The number of aromatic carboxylic acids is 1. The molecule has 2 aromatic rings. The molecule has 0 unspecified atom stereocenters. The summed E-state index contributed by atoms with van der Waals surface area (Å²) < 4.78 is 18.7. The Bertz CT molecular complexity index is 748. The van der Waals surface area contributed by atoms with Crippen molar-refractivity contribution in [2.45, 2.75) is 6.92 Å². The van der Waals surface area contributed by atoms with Crippen molar-refractivity contribution >= 4 is 17.8 Å². The highest BCUT2D eigenvalue weighted by molar-refractivity contribution is 6.08. The lowest BCUT2D eigenvalue weighted by atomic mass is 10.1. The number of hydrogen-bond donors (Lipinski definition) is 1. The van der Waals surface area contributed by atoms with Crippen LogP contribution >= 0.6 is 0 Å². The number of carboxylic acids is 1. The molecule has 0 aromatic heterocycles. The number of carboxylic acid groups (broad SMARTS) is 1. The second-order valence-electron chi connectivity index (χ2n) is 4.70. The van der Waals surface area contributed by atoms with E-state index in [2.05, 4.69) is 0 Å². The van der Waals surface area contributed by atoms with Crippen LogP contribution in [0, 0.1) is 5.82 Å². The summed E-state index contributed by atoms with van der Waals surface area (Å²) >= 11 is 0. The Labute approximate surface area is 132 Å². The van der Waals surface area contributed by atoms with E-state index in [1.54, 1.807) is 19.1 Å².